The lowest BCUT2D eigenvalue weighted by Gasteiger charge is -2.19. The molecule has 0 fully saturated rings. The maximum atomic E-state index is 12.9. The first-order valence-corrected chi connectivity index (χ1v) is 8.56. The Bertz CT molecular complexity index is 914. The van der Waals surface area contributed by atoms with Crippen molar-refractivity contribution in [2.75, 3.05) is 7.05 Å². The Morgan fingerprint density at radius 2 is 1.35 bits per heavy atom. The molecule has 0 aliphatic heterocycles. The predicted octanol–water partition coefficient (Wildman–Crippen LogP) is 4.50. The van der Waals surface area contributed by atoms with Gasteiger partial charge < -0.3 is 4.90 Å². The van der Waals surface area contributed by atoms with Crippen LogP contribution in [-0.2, 0) is 6.54 Å². The molecular weight excluding hydrogens is 322 g/mol. The average Bonchev–Trinajstić information content (AvgIpc) is 2.69. The second kappa shape index (κ2) is 7.79. The molecule has 0 aliphatic rings. The molecule has 0 aromatic heterocycles. The van der Waals surface area contributed by atoms with Gasteiger partial charge in [-0.15, -0.1) is 0 Å². The third kappa shape index (κ3) is 3.89. The van der Waals surface area contributed by atoms with Gasteiger partial charge in [0.15, 0.2) is 5.78 Å². The lowest BCUT2D eigenvalue weighted by Crippen LogP contribution is -2.28. The Morgan fingerprint density at radius 1 is 0.769 bits per heavy atom. The van der Waals surface area contributed by atoms with Crippen LogP contribution < -0.4 is 0 Å². The summed E-state index contributed by atoms with van der Waals surface area (Å²) in [4.78, 5) is 27.4. The molecule has 0 saturated heterocycles. The topological polar surface area (TPSA) is 37.4 Å². The summed E-state index contributed by atoms with van der Waals surface area (Å²) in [5.41, 5.74) is 3.67. The molecule has 3 heteroatoms. The van der Waals surface area contributed by atoms with Gasteiger partial charge in [0, 0.05) is 24.7 Å². The molecule has 3 aromatic rings. The quantitative estimate of drug-likeness (QED) is 0.640. The van der Waals surface area contributed by atoms with Gasteiger partial charge in [-0.25, -0.2) is 0 Å². The molecule has 0 unspecified atom stereocenters. The monoisotopic (exact) mass is 343 g/mol. The number of benzene rings is 3. The maximum absolute atomic E-state index is 12.9. The van der Waals surface area contributed by atoms with E-state index >= 15 is 0 Å². The van der Waals surface area contributed by atoms with Crippen LogP contribution in [0.1, 0.15) is 37.4 Å². The molecule has 3 nitrogen and oxygen atoms in total. The van der Waals surface area contributed by atoms with Crippen LogP contribution in [0.3, 0.4) is 0 Å². The zero-order chi connectivity index (χ0) is 18.5. The summed E-state index contributed by atoms with van der Waals surface area (Å²) >= 11 is 0. The SMILES string of the molecule is Cc1ccc(CN(C)C(=O)c2ccccc2C(=O)c2ccccc2)cc1. The van der Waals surface area contributed by atoms with Gasteiger partial charge in [0.25, 0.3) is 5.91 Å². The summed E-state index contributed by atoms with van der Waals surface area (Å²) in [6.07, 6.45) is 0. The van der Waals surface area contributed by atoms with Gasteiger partial charge in [-0.05, 0) is 18.6 Å². The Hall–Kier alpha value is -3.20. The highest BCUT2D eigenvalue weighted by Gasteiger charge is 2.20. The third-order valence-corrected chi connectivity index (χ3v) is 4.33. The fourth-order valence-corrected chi connectivity index (χ4v) is 2.86. The van der Waals surface area contributed by atoms with E-state index < -0.39 is 0 Å². The van der Waals surface area contributed by atoms with Crippen molar-refractivity contribution in [3.63, 3.8) is 0 Å². The number of amides is 1. The van der Waals surface area contributed by atoms with Crippen LogP contribution in [0, 0.1) is 6.92 Å². The first kappa shape index (κ1) is 17.6. The van der Waals surface area contributed by atoms with E-state index in [-0.39, 0.29) is 11.7 Å². The van der Waals surface area contributed by atoms with Gasteiger partial charge in [-0.1, -0.05) is 78.4 Å². The summed E-state index contributed by atoms with van der Waals surface area (Å²) in [6.45, 7) is 2.52. The predicted molar refractivity (Wildman–Crippen MR) is 103 cm³/mol. The van der Waals surface area contributed by atoms with Crippen LogP contribution in [0.4, 0.5) is 0 Å². The van der Waals surface area contributed by atoms with E-state index in [4.69, 9.17) is 0 Å². The van der Waals surface area contributed by atoms with Crippen LogP contribution in [0.5, 0.6) is 0 Å². The van der Waals surface area contributed by atoms with Crippen molar-refractivity contribution in [2.45, 2.75) is 13.5 Å². The van der Waals surface area contributed by atoms with E-state index in [0.29, 0.717) is 23.2 Å². The van der Waals surface area contributed by atoms with Crippen molar-refractivity contribution in [1.82, 2.24) is 4.90 Å². The molecular formula is C23H21NO2. The Morgan fingerprint density at radius 3 is 2.00 bits per heavy atom. The van der Waals surface area contributed by atoms with Crippen LogP contribution in [0.15, 0.2) is 78.9 Å². The number of nitrogens with zero attached hydrogens (tertiary/aromatic N) is 1. The number of carbonyl (C=O) groups is 2. The van der Waals surface area contributed by atoms with Gasteiger partial charge >= 0.3 is 0 Å². The normalized spacial score (nSPS) is 10.4. The van der Waals surface area contributed by atoms with E-state index in [1.165, 1.54) is 5.56 Å². The molecule has 3 aromatic carbocycles. The van der Waals surface area contributed by atoms with Crippen LogP contribution in [0.2, 0.25) is 0 Å². The van der Waals surface area contributed by atoms with E-state index in [9.17, 15) is 9.59 Å². The summed E-state index contributed by atoms with van der Waals surface area (Å²) in [7, 11) is 1.76. The van der Waals surface area contributed by atoms with Crippen molar-refractivity contribution in [3.05, 3.63) is 107 Å². The highest BCUT2D eigenvalue weighted by molar-refractivity contribution is 6.15. The van der Waals surface area contributed by atoms with E-state index in [0.717, 1.165) is 5.56 Å². The van der Waals surface area contributed by atoms with Gasteiger partial charge in [0.2, 0.25) is 0 Å². The van der Waals surface area contributed by atoms with Crippen molar-refractivity contribution in [3.8, 4) is 0 Å². The summed E-state index contributed by atoms with van der Waals surface area (Å²) in [5.74, 6) is -0.302. The molecule has 3 rings (SSSR count). The minimum atomic E-state index is -0.162. The summed E-state index contributed by atoms with van der Waals surface area (Å²) in [6, 6.07) is 24.1. The van der Waals surface area contributed by atoms with Crippen molar-refractivity contribution < 1.29 is 9.59 Å². The molecule has 0 radical (unpaired) electrons. The second-order valence-corrected chi connectivity index (χ2v) is 6.39. The van der Waals surface area contributed by atoms with Gasteiger partial charge in [0.1, 0.15) is 0 Å². The molecule has 26 heavy (non-hydrogen) atoms. The number of aryl methyl sites for hydroxylation is 1. The van der Waals surface area contributed by atoms with Gasteiger partial charge in [-0.3, -0.25) is 9.59 Å². The van der Waals surface area contributed by atoms with E-state index in [1.54, 1.807) is 48.3 Å². The van der Waals surface area contributed by atoms with E-state index in [1.807, 2.05) is 49.4 Å². The Labute approximate surface area is 153 Å². The molecule has 0 atom stereocenters. The van der Waals surface area contributed by atoms with Crippen molar-refractivity contribution in [1.29, 1.82) is 0 Å². The highest BCUT2D eigenvalue weighted by Crippen LogP contribution is 2.17. The number of carbonyl (C=O) groups excluding carboxylic acids is 2. The molecule has 0 N–H and O–H groups in total. The standard InChI is InChI=1S/C23H21NO2/c1-17-12-14-18(15-13-17)16-24(2)23(26)21-11-7-6-10-20(21)22(25)19-8-4-3-5-9-19/h3-15H,16H2,1-2H3. The first-order chi connectivity index (χ1) is 12.6. The smallest absolute Gasteiger partial charge is 0.254 e. The first-order valence-electron chi connectivity index (χ1n) is 8.56. The molecule has 0 aliphatic carbocycles. The summed E-state index contributed by atoms with van der Waals surface area (Å²) in [5, 5.41) is 0. The number of rotatable bonds is 5. The second-order valence-electron chi connectivity index (χ2n) is 6.39. The molecule has 0 heterocycles. The average molecular weight is 343 g/mol. The minimum Gasteiger partial charge on any atom is -0.337 e. The summed E-state index contributed by atoms with van der Waals surface area (Å²) < 4.78 is 0. The zero-order valence-corrected chi connectivity index (χ0v) is 15.0. The minimum absolute atomic E-state index is 0.140. The molecule has 130 valence electrons. The molecule has 1 amide bonds. The van der Waals surface area contributed by atoms with Crippen molar-refractivity contribution in [2.24, 2.45) is 0 Å². The van der Waals surface area contributed by atoms with Gasteiger partial charge in [-0.2, -0.15) is 0 Å². The number of hydrogen-bond donors (Lipinski definition) is 0. The molecule has 0 saturated carbocycles. The third-order valence-electron chi connectivity index (χ3n) is 4.33. The number of ketones is 1. The van der Waals surface area contributed by atoms with Crippen LogP contribution in [0.25, 0.3) is 0 Å². The fourth-order valence-electron chi connectivity index (χ4n) is 2.86. The van der Waals surface area contributed by atoms with Crippen LogP contribution in [-0.4, -0.2) is 23.6 Å². The lowest BCUT2D eigenvalue weighted by molar-refractivity contribution is 0.0780. The lowest BCUT2D eigenvalue weighted by atomic mass is 9.97. The molecule has 0 spiro atoms. The zero-order valence-electron chi connectivity index (χ0n) is 15.0. The van der Waals surface area contributed by atoms with Crippen LogP contribution >= 0.6 is 0 Å². The Balaban J connectivity index is 1.85. The van der Waals surface area contributed by atoms with E-state index in [2.05, 4.69) is 0 Å². The van der Waals surface area contributed by atoms with Gasteiger partial charge in [0.05, 0.1) is 5.56 Å². The fraction of sp³-hybridized carbons (Fsp3) is 0.130. The highest BCUT2D eigenvalue weighted by atomic mass is 16.2. The largest absolute Gasteiger partial charge is 0.337 e. The molecule has 0 bridgehead atoms. The van der Waals surface area contributed by atoms with Crippen molar-refractivity contribution >= 4 is 11.7 Å². The Kier molecular flexibility index (Phi) is 5.28. The maximum Gasteiger partial charge on any atom is 0.254 e. The number of hydrogen-bond acceptors (Lipinski definition) is 2.